The molecular formula is C51H54ClF4N9O8S. The Morgan fingerprint density at radius 3 is 1.58 bits per heavy atom. The van der Waals surface area contributed by atoms with Gasteiger partial charge in [-0.25, -0.2) is 37.4 Å². The SMILES string of the molecule is Cc1ccc(O[C@@H]2CCN(c3c(F)cccc3C(N)=O)C2)nc1.Cc1ccc(O[C@@H]2CCNC2)nc1.Cl.N#Cc1cccc(F)c1F.O=S(=O)(O)O.[C-]#[N+]c1cccc(F)c1N1CC[C@@H](Oc2ccc(C)cn2)C1. The lowest BCUT2D eigenvalue weighted by Gasteiger charge is -2.21. The number of anilines is 2. The summed E-state index contributed by atoms with van der Waals surface area (Å²) in [5, 5.41) is 11.4. The van der Waals surface area contributed by atoms with E-state index in [0.717, 1.165) is 61.0 Å². The molecule has 0 bridgehead atoms. The third-order valence-electron chi connectivity index (χ3n) is 10.9. The van der Waals surface area contributed by atoms with Gasteiger partial charge in [-0.1, -0.05) is 42.5 Å². The molecule has 17 nitrogen and oxygen atoms in total. The van der Waals surface area contributed by atoms with Gasteiger partial charge in [0.05, 0.1) is 42.2 Å². The number of hydrogen-bond donors (Lipinski definition) is 4. The number of hydrogen-bond acceptors (Lipinski definition) is 13. The maximum atomic E-state index is 14.2. The molecule has 6 aromatic rings. The Morgan fingerprint density at radius 2 is 1.16 bits per heavy atom. The molecule has 74 heavy (non-hydrogen) atoms. The van der Waals surface area contributed by atoms with Crippen molar-refractivity contribution in [3.05, 3.63) is 172 Å². The third kappa shape index (κ3) is 18.8. The Balaban J connectivity index is 0.000000215. The molecule has 3 aromatic carbocycles. The average molecular weight is 1060 g/mol. The molecule has 3 fully saturated rings. The second kappa shape index (κ2) is 28.6. The number of para-hydroxylation sites is 2. The standard InChI is InChI=1S/C17H18FN3O2.C17H16FN3O.C10H14N2O.C7H3F2N.ClH.H2O4S/c1-11-5-6-15(20-9-11)23-12-7-8-21(10-12)16-13(17(19)22)3-2-4-14(16)18;1-12-6-7-16(20-10-12)22-13-8-9-21(11-13)17-14(18)4-3-5-15(17)19-2;1-8-2-3-10(12-6-8)13-9-4-5-11-7-9;8-6-3-1-2-5(4-10)7(6)9;;1-5(2,3)4/h2-6,9,12H,7-8,10H2,1H3,(H2,19,22);3-7,10,13H,8-9,11H2,1H3;2-3,6,9,11H,4-5,7H2,1H3;1-3H;1H;(H2,1,2,3,4)/t12-;13-;9-;;;/m111.../s1. The largest absolute Gasteiger partial charge is 0.473 e. The number of rotatable bonds is 9. The van der Waals surface area contributed by atoms with Crippen molar-refractivity contribution in [1.29, 1.82) is 5.26 Å². The smallest absolute Gasteiger partial charge is 0.394 e. The molecule has 23 heteroatoms. The van der Waals surface area contributed by atoms with Gasteiger partial charge in [0.2, 0.25) is 23.3 Å². The first-order valence-corrected chi connectivity index (χ1v) is 24.0. The highest BCUT2D eigenvalue weighted by molar-refractivity contribution is 7.79. The molecule has 392 valence electrons. The number of carbonyl (C=O) groups is 1. The molecule has 3 aliphatic rings. The number of halogens is 5. The van der Waals surface area contributed by atoms with Crippen LogP contribution in [0.15, 0.2) is 110 Å². The highest BCUT2D eigenvalue weighted by atomic mass is 35.5. The Bertz CT molecular complexity index is 2960. The molecule has 0 saturated carbocycles. The Morgan fingerprint density at radius 1 is 0.716 bits per heavy atom. The quantitative estimate of drug-likeness (QED) is 0.0602. The minimum Gasteiger partial charge on any atom is -0.473 e. The fourth-order valence-corrected chi connectivity index (χ4v) is 7.40. The third-order valence-corrected chi connectivity index (χ3v) is 10.9. The Labute approximate surface area is 432 Å². The summed E-state index contributed by atoms with van der Waals surface area (Å²) < 4.78 is 102. The number of nitrogens with zero attached hydrogens (tertiary/aromatic N) is 7. The molecule has 3 aliphatic heterocycles. The predicted octanol–water partition coefficient (Wildman–Crippen LogP) is 8.76. The van der Waals surface area contributed by atoms with Gasteiger partial charge in [-0.3, -0.25) is 13.9 Å². The number of ether oxygens (including phenoxy) is 3. The van der Waals surface area contributed by atoms with Gasteiger partial charge in [0.25, 0.3) is 5.91 Å². The molecular weight excluding hydrogens is 1010 g/mol. The molecule has 3 aromatic heterocycles. The summed E-state index contributed by atoms with van der Waals surface area (Å²) in [7, 11) is -4.67. The fourth-order valence-electron chi connectivity index (χ4n) is 7.40. The zero-order valence-electron chi connectivity index (χ0n) is 40.4. The Kier molecular flexibility index (Phi) is 22.8. The topological polar surface area (TPSA) is 231 Å². The van der Waals surface area contributed by atoms with Gasteiger partial charge in [-0.15, -0.1) is 12.4 Å². The summed E-state index contributed by atoms with van der Waals surface area (Å²) in [6.45, 7) is 17.4. The molecule has 0 aliphatic carbocycles. The van der Waals surface area contributed by atoms with Crippen LogP contribution in [0.25, 0.3) is 4.85 Å². The van der Waals surface area contributed by atoms with E-state index < -0.39 is 33.8 Å². The summed E-state index contributed by atoms with van der Waals surface area (Å²) >= 11 is 0. The van der Waals surface area contributed by atoms with Crippen molar-refractivity contribution in [1.82, 2.24) is 20.3 Å². The first-order valence-electron chi connectivity index (χ1n) is 22.6. The molecule has 3 atom stereocenters. The number of amides is 1. The van der Waals surface area contributed by atoms with Crippen molar-refractivity contribution in [3.63, 3.8) is 0 Å². The number of nitrogens with two attached hydrogens (primary N) is 1. The van der Waals surface area contributed by atoms with Crippen LogP contribution in [-0.2, 0) is 10.4 Å². The summed E-state index contributed by atoms with van der Waals surface area (Å²) in [6.07, 6.45) is 8.06. The fraction of sp³-hybridized carbons (Fsp3) is 0.294. The van der Waals surface area contributed by atoms with Gasteiger partial charge in [0.15, 0.2) is 11.6 Å². The molecule has 5 N–H and O–H groups in total. The number of nitrogens with one attached hydrogen (secondary N) is 1. The predicted molar refractivity (Wildman–Crippen MR) is 271 cm³/mol. The van der Waals surface area contributed by atoms with E-state index in [1.54, 1.807) is 29.4 Å². The molecule has 0 spiro atoms. The molecule has 9 rings (SSSR count). The second-order valence-electron chi connectivity index (χ2n) is 16.6. The van der Waals surface area contributed by atoms with Crippen LogP contribution < -0.4 is 35.1 Å². The van der Waals surface area contributed by atoms with Crippen LogP contribution in [0.3, 0.4) is 0 Å². The second-order valence-corrected chi connectivity index (χ2v) is 17.5. The summed E-state index contributed by atoms with van der Waals surface area (Å²) in [4.78, 5) is 31.2. The van der Waals surface area contributed by atoms with Crippen LogP contribution in [0.4, 0.5) is 34.6 Å². The van der Waals surface area contributed by atoms with Crippen LogP contribution in [0, 0.1) is 61.9 Å². The van der Waals surface area contributed by atoms with Crippen LogP contribution >= 0.6 is 12.4 Å². The van der Waals surface area contributed by atoms with Crippen molar-refractivity contribution < 1.29 is 54.1 Å². The minimum absolute atomic E-state index is 0. The van der Waals surface area contributed by atoms with Crippen molar-refractivity contribution in [2.45, 2.75) is 58.3 Å². The van der Waals surface area contributed by atoms with Crippen LogP contribution in [0.5, 0.6) is 17.6 Å². The molecule has 0 radical (unpaired) electrons. The zero-order chi connectivity index (χ0) is 53.1. The van der Waals surface area contributed by atoms with E-state index in [1.165, 1.54) is 42.5 Å². The van der Waals surface area contributed by atoms with Gasteiger partial charge in [0.1, 0.15) is 36.0 Å². The number of primary amides is 1. The highest BCUT2D eigenvalue weighted by Crippen LogP contribution is 2.35. The van der Waals surface area contributed by atoms with E-state index in [-0.39, 0.29) is 47.2 Å². The lowest BCUT2D eigenvalue weighted by atomic mass is 10.1. The molecule has 6 heterocycles. The highest BCUT2D eigenvalue weighted by Gasteiger charge is 2.30. The summed E-state index contributed by atoms with van der Waals surface area (Å²) in [5.41, 5.74) is 9.55. The van der Waals surface area contributed by atoms with Gasteiger partial charge in [-0.05, 0) is 80.8 Å². The first-order chi connectivity index (χ1) is 34.8. The van der Waals surface area contributed by atoms with E-state index in [4.69, 9.17) is 49.3 Å². The first kappa shape index (κ1) is 59.0. The van der Waals surface area contributed by atoms with Gasteiger partial charge >= 0.3 is 10.4 Å². The number of carbonyl (C=O) groups excluding carboxylic acids is 1. The van der Waals surface area contributed by atoms with Crippen LogP contribution in [-0.4, -0.2) is 96.0 Å². The maximum absolute atomic E-state index is 14.2. The molecule has 3 saturated heterocycles. The van der Waals surface area contributed by atoms with Gasteiger partial charge in [-0.2, -0.15) is 13.7 Å². The van der Waals surface area contributed by atoms with Crippen molar-refractivity contribution in [2.75, 3.05) is 49.1 Å². The lowest BCUT2D eigenvalue weighted by Crippen LogP contribution is -2.28. The van der Waals surface area contributed by atoms with E-state index >= 15 is 0 Å². The number of aryl methyl sites for hydroxylation is 3. The van der Waals surface area contributed by atoms with E-state index in [0.29, 0.717) is 55.4 Å². The van der Waals surface area contributed by atoms with Crippen LogP contribution in [0.1, 0.15) is 51.9 Å². The monoisotopic (exact) mass is 1060 g/mol. The molecule has 1 amide bonds. The maximum Gasteiger partial charge on any atom is 0.394 e. The average Bonchev–Trinajstić information content (AvgIpc) is 4.16. The van der Waals surface area contributed by atoms with Crippen molar-refractivity contribution in [2.24, 2.45) is 5.73 Å². The van der Waals surface area contributed by atoms with E-state index in [2.05, 4.69) is 25.1 Å². The normalized spacial score (nSPS) is 16.3. The minimum atomic E-state index is -4.67. The molecule has 0 unspecified atom stereocenters. The zero-order valence-corrected chi connectivity index (χ0v) is 42.0. The number of pyridine rings is 3. The van der Waals surface area contributed by atoms with Gasteiger partial charge in [0, 0.05) is 69.3 Å². The van der Waals surface area contributed by atoms with E-state index in [1.807, 2.05) is 68.3 Å². The van der Waals surface area contributed by atoms with Crippen molar-refractivity contribution in [3.8, 4) is 23.7 Å². The van der Waals surface area contributed by atoms with Crippen LogP contribution in [0.2, 0.25) is 0 Å². The Hall–Kier alpha value is -7.60. The van der Waals surface area contributed by atoms with E-state index in [9.17, 15) is 22.4 Å². The lowest BCUT2D eigenvalue weighted by molar-refractivity contribution is 0.1000. The van der Waals surface area contributed by atoms with Gasteiger partial charge < -0.3 is 35.1 Å². The number of aromatic nitrogens is 3. The van der Waals surface area contributed by atoms with Crippen molar-refractivity contribution >= 4 is 45.8 Å². The number of benzene rings is 3. The summed E-state index contributed by atoms with van der Waals surface area (Å²) in [6, 6.07) is 25.4. The number of nitriles is 1. The summed E-state index contributed by atoms with van der Waals surface area (Å²) in [5.74, 6) is -1.65.